The number of nitrogens with zero attached hydrogens (tertiary/aromatic N) is 1. The molecule has 0 aliphatic heterocycles. The predicted molar refractivity (Wildman–Crippen MR) is 88.2 cm³/mol. The van der Waals surface area contributed by atoms with Gasteiger partial charge in [0.1, 0.15) is 5.60 Å². The SMILES string of the molecule is CON(C)C(=O)[C@@H](CNC(=O)OC(C)(C)C)c1cccc(C(F)(F)F)c1. The van der Waals surface area contributed by atoms with Crippen LogP contribution in [0.3, 0.4) is 0 Å². The molecule has 0 aliphatic rings. The second-order valence-corrected chi connectivity index (χ2v) is 6.58. The van der Waals surface area contributed by atoms with Crippen LogP contribution in [0.4, 0.5) is 18.0 Å². The Kier molecular flexibility index (Phi) is 7.02. The van der Waals surface area contributed by atoms with Crippen molar-refractivity contribution in [2.45, 2.75) is 38.5 Å². The van der Waals surface area contributed by atoms with E-state index in [0.717, 1.165) is 17.2 Å². The third-order valence-corrected chi connectivity index (χ3v) is 3.35. The first-order chi connectivity index (χ1) is 11.8. The van der Waals surface area contributed by atoms with Gasteiger partial charge in [-0.2, -0.15) is 13.2 Å². The molecule has 0 spiro atoms. The Hall–Kier alpha value is -2.29. The molecule has 9 heteroatoms. The molecule has 1 aromatic carbocycles. The van der Waals surface area contributed by atoms with Crippen molar-refractivity contribution in [3.05, 3.63) is 35.4 Å². The van der Waals surface area contributed by atoms with Crippen molar-refractivity contribution in [3.8, 4) is 0 Å². The van der Waals surface area contributed by atoms with Gasteiger partial charge in [0.25, 0.3) is 5.91 Å². The topological polar surface area (TPSA) is 67.9 Å². The van der Waals surface area contributed by atoms with Gasteiger partial charge in [0.15, 0.2) is 0 Å². The number of hydrogen-bond donors (Lipinski definition) is 1. The molecule has 0 radical (unpaired) electrons. The zero-order chi connectivity index (χ0) is 20.1. The zero-order valence-corrected chi connectivity index (χ0v) is 15.3. The smallest absolute Gasteiger partial charge is 0.416 e. The summed E-state index contributed by atoms with van der Waals surface area (Å²) in [7, 11) is 2.58. The third kappa shape index (κ3) is 6.55. The van der Waals surface area contributed by atoms with Crippen molar-refractivity contribution in [1.82, 2.24) is 10.4 Å². The molecule has 26 heavy (non-hydrogen) atoms. The molecule has 146 valence electrons. The van der Waals surface area contributed by atoms with Crippen LogP contribution in [-0.2, 0) is 20.5 Å². The number of hydrogen-bond acceptors (Lipinski definition) is 4. The maximum absolute atomic E-state index is 12.9. The molecule has 0 aliphatic carbocycles. The lowest BCUT2D eigenvalue weighted by atomic mass is 9.96. The van der Waals surface area contributed by atoms with Gasteiger partial charge in [0, 0.05) is 13.6 Å². The Bertz CT molecular complexity index is 642. The zero-order valence-electron chi connectivity index (χ0n) is 15.3. The number of carbonyl (C=O) groups is 2. The minimum Gasteiger partial charge on any atom is -0.444 e. The first kappa shape index (κ1) is 21.8. The van der Waals surface area contributed by atoms with E-state index in [1.807, 2.05) is 0 Å². The number of rotatable bonds is 5. The molecule has 1 atom stereocenters. The van der Waals surface area contributed by atoms with Crippen LogP contribution in [0.5, 0.6) is 0 Å². The Balaban J connectivity index is 3.07. The Morgan fingerprint density at radius 1 is 1.23 bits per heavy atom. The van der Waals surface area contributed by atoms with Crippen LogP contribution >= 0.6 is 0 Å². The van der Waals surface area contributed by atoms with E-state index in [4.69, 9.17) is 9.57 Å². The first-order valence-corrected chi connectivity index (χ1v) is 7.81. The van der Waals surface area contributed by atoms with E-state index in [2.05, 4.69) is 5.32 Å². The number of hydroxylamine groups is 2. The molecule has 1 rings (SSSR count). The summed E-state index contributed by atoms with van der Waals surface area (Å²) in [6, 6.07) is 4.38. The highest BCUT2D eigenvalue weighted by Gasteiger charge is 2.33. The van der Waals surface area contributed by atoms with Crippen molar-refractivity contribution in [2.75, 3.05) is 20.7 Å². The summed E-state index contributed by atoms with van der Waals surface area (Å²) >= 11 is 0. The maximum Gasteiger partial charge on any atom is 0.416 e. The lowest BCUT2D eigenvalue weighted by Crippen LogP contribution is -2.40. The van der Waals surface area contributed by atoms with Crippen LogP contribution < -0.4 is 5.32 Å². The minimum absolute atomic E-state index is 0.102. The summed E-state index contributed by atoms with van der Waals surface area (Å²) in [4.78, 5) is 29.1. The summed E-state index contributed by atoms with van der Waals surface area (Å²) in [5.74, 6) is -1.68. The van der Waals surface area contributed by atoms with E-state index in [9.17, 15) is 22.8 Å². The number of halogens is 3. The summed E-state index contributed by atoms with van der Waals surface area (Å²) in [5.41, 5.74) is -1.53. The van der Waals surface area contributed by atoms with E-state index in [-0.39, 0.29) is 12.1 Å². The highest BCUT2D eigenvalue weighted by atomic mass is 19.4. The fraction of sp³-hybridized carbons (Fsp3) is 0.529. The quantitative estimate of drug-likeness (QED) is 0.801. The van der Waals surface area contributed by atoms with Crippen molar-refractivity contribution in [1.29, 1.82) is 0 Å². The molecule has 2 amide bonds. The monoisotopic (exact) mass is 376 g/mol. The standard InChI is InChI=1S/C17H23F3N2O4/c1-16(2,3)26-15(24)21-10-13(14(23)22(4)25-5)11-7-6-8-12(9-11)17(18,19)20/h6-9,13H,10H2,1-5H3,(H,21,24)/t13-/m0/s1. The molecule has 0 saturated heterocycles. The highest BCUT2D eigenvalue weighted by molar-refractivity contribution is 5.83. The molecule has 0 saturated carbocycles. The van der Waals surface area contributed by atoms with E-state index in [1.165, 1.54) is 26.3 Å². The van der Waals surface area contributed by atoms with Gasteiger partial charge in [-0.3, -0.25) is 9.63 Å². The number of nitrogens with one attached hydrogen (secondary N) is 1. The fourth-order valence-corrected chi connectivity index (χ4v) is 2.09. The Labute approximate surface area is 150 Å². The largest absolute Gasteiger partial charge is 0.444 e. The summed E-state index contributed by atoms with van der Waals surface area (Å²) in [5, 5.41) is 3.30. The molecule has 0 unspecified atom stereocenters. The molecule has 0 aromatic heterocycles. The van der Waals surface area contributed by atoms with Crippen LogP contribution in [-0.4, -0.2) is 43.4 Å². The number of ether oxygens (including phenoxy) is 1. The van der Waals surface area contributed by atoms with Crippen LogP contribution in [0.25, 0.3) is 0 Å². The molecule has 1 aromatic rings. The first-order valence-electron chi connectivity index (χ1n) is 7.81. The van der Waals surface area contributed by atoms with Crippen LogP contribution in [0, 0.1) is 0 Å². The average Bonchev–Trinajstić information content (AvgIpc) is 2.51. The highest BCUT2D eigenvalue weighted by Crippen LogP contribution is 2.31. The van der Waals surface area contributed by atoms with Crippen molar-refractivity contribution in [2.24, 2.45) is 0 Å². The summed E-state index contributed by atoms with van der Waals surface area (Å²) < 4.78 is 43.9. The van der Waals surface area contributed by atoms with Gasteiger partial charge >= 0.3 is 12.3 Å². The molecule has 6 nitrogen and oxygen atoms in total. The normalized spacial score (nSPS) is 13.1. The van der Waals surface area contributed by atoms with Gasteiger partial charge in [-0.1, -0.05) is 18.2 Å². The molecule has 0 heterocycles. The molecule has 0 fully saturated rings. The van der Waals surface area contributed by atoms with Crippen molar-refractivity contribution in [3.63, 3.8) is 0 Å². The number of likely N-dealkylation sites (N-methyl/N-ethyl adjacent to an activating group) is 1. The van der Waals surface area contributed by atoms with Gasteiger partial charge in [-0.15, -0.1) is 0 Å². The maximum atomic E-state index is 12.9. The van der Waals surface area contributed by atoms with Crippen LogP contribution in [0.15, 0.2) is 24.3 Å². The number of benzene rings is 1. The van der Waals surface area contributed by atoms with E-state index in [0.29, 0.717) is 0 Å². The van der Waals surface area contributed by atoms with Crippen molar-refractivity contribution >= 4 is 12.0 Å². The fourth-order valence-electron chi connectivity index (χ4n) is 2.09. The lowest BCUT2D eigenvalue weighted by molar-refractivity contribution is -0.170. The van der Waals surface area contributed by atoms with Crippen molar-refractivity contribution < 1.29 is 32.3 Å². The molecule has 0 bridgehead atoms. The van der Waals surface area contributed by atoms with E-state index < -0.39 is 35.3 Å². The van der Waals surface area contributed by atoms with Gasteiger partial charge in [-0.05, 0) is 32.4 Å². The number of amides is 2. The predicted octanol–water partition coefficient (Wildman–Crippen LogP) is 3.33. The van der Waals surface area contributed by atoms with E-state index >= 15 is 0 Å². The van der Waals surface area contributed by atoms with Gasteiger partial charge in [0.2, 0.25) is 0 Å². The third-order valence-electron chi connectivity index (χ3n) is 3.35. The number of alkyl halides is 3. The number of carbonyl (C=O) groups excluding carboxylic acids is 2. The van der Waals surface area contributed by atoms with Gasteiger partial charge in [0.05, 0.1) is 18.6 Å². The summed E-state index contributed by atoms with van der Waals surface area (Å²) in [6.07, 6.45) is -5.32. The minimum atomic E-state index is -4.55. The lowest BCUT2D eigenvalue weighted by Gasteiger charge is -2.24. The molecular weight excluding hydrogens is 353 g/mol. The van der Waals surface area contributed by atoms with Gasteiger partial charge < -0.3 is 10.1 Å². The molecular formula is C17H23F3N2O4. The Morgan fingerprint density at radius 3 is 2.35 bits per heavy atom. The van der Waals surface area contributed by atoms with Crippen LogP contribution in [0.2, 0.25) is 0 Å². The van der Waals surface area contributed by atoms with Crippen LogP contribution in [0.1, 0.15) is 37.8 Å². The summed E-state index contributed by atoms with van der Waals surface area (Å²) in [6.45, 7) is 4.75. The van der Waals surface area contributed by atoms with E-state index in [1.54, 1.807) is 20.8 Å². The average molecular weight is 376 g/mol. The Morgan fingerprint density at radius 2 is 1.85 bits per heavy atom. The molecule has 1 N–H and O–H groups in total. The second kappa shape index (κ2) is 8.39. The second-order valence-electron chi connectivity index (χ2n) is 6.58. The number of alkyl carbamates (subject to hydrolysis) is 1. The van der Waals surface area contributed by atoms with Gasteiger partial charge in [-0.25, -0.2) is 9.86 Å².